The third-order valence-corrected chi connectivity index (χ3v) is 3.47. The van der Waals surface area contributed by atoms with Crippen molar-refractivity contribution in [3.05, 3.63) is 29.3 Å². The van der Waals surface area contributed by atoms with Gasteiger partial charge in [0.15, 0.2) is 0 Å². The van der Waals surface area contributed by atoms with E-state index in [1.165, 1.54) is 5.56 Å². The number of benzene rings is 1. The molecule has 4 nitrogen and oxygen atoms in total. The van der Waals surface area contributed by atoms with Crippen molar-refractivity contribution in [3.63, 3.8) is 0 Å². The molecule has 1 aromatic rings. The van der Waals surface area contributed by atoms with Crippen molar-refractivity contribution < 1.29 is 14.7 Å². The topological polar surface area (TPSA) is 58.6 Å². The van der Waals surface area contributed by atoms with Crippen LogP contribution in [-0.2, 0) is 17.6 Å². The van der Waals surface area contributed by atoms with Gasteiger partial charge in [0.2, 0.25) is 5.91 Å². The molecule has 1 unspecified atom stereocenters. The Morgan fingerprint density at radius 1 is 1.47 bits per heavy atom. The predicted octanol–water partition coefficient (Wildman–Crippen LogP) is 2.33. The van der Waals surface area contributed by atoms with E-state index in [-0.39, 0.29) is 11.8 Å². The van der Waals surface area contributed by atoms with Crippen LogP contribution < -0.4 is 10.2 Å². The summed E-state index contributed by atoms with van der Waals surface area (Å²) in [5, 5.41) is 8.71. The molecule has 1 aliphatic rings. The minimum absolute atomic E-state index is 0.141. The maximum absolute atomic E-state index is 11.5. The van der Waals surface area contributed by atoms with E-state index in [0.717, 1.165) is 24.2 Å². The number of nitrogens with one attached hydrogen (secondary N) is 1. The van der Waals surface area contributed by atoms with Crippen LogP contribution in [-0.4, -0.2) is 17.7 Å². The highest BCUT2D eigenvalue weighted by Gasteiger charge is 2.24. The quantitative estimate of drug-likeness (QED) is 0.647. The molecule has 2 N–H and O–H groups in total. The molecule has 104 valence electrons. The summed E-state index contributed by atoms with van der Waals surface area (Å²) in [6, 6.07) is 6.10. The van der Waals surface area contributed by atoms with Crippen molar-refractivity contribution in [2.75, 3.05) is 6.61 Å². The SMILES string of the molecule is CC(C)COc1ccc2c(c1)CC(C(=O)NO)CC2. The molecule has 0 heterocycles. The van der Waals surface area contributed by atoms with Crippen LogP contribution in [0.25, 0.3) is 0 Å². The molecule has 1 atom stereocenters. The molecule has 0 fully saturated rings. The normalized spacial score (nSPS) is 18.0. The van der Waals surface area contributed by atoms with Crippen molar-refractivity contribution in [3.8, 4) is 5.75 Å². The third-order valence-electron chi connectivity index (χ3n) is 3.47. The number of hydroxylamine groups is 1. The summed E-state index contributed by atoms with van der Waals surface area (Å²) in [6.45, 7) is 4.92. The second-order valence-corrected chi connectivity index (χ2v) is 5.55. The summed E-state index contributed by atoms with van der Waals surface area (Å²) >= 11 is 0. The molecule has 4 heteroatoms. The van der Waals surface area contributed by atoms with Crippen molar-refractivity contribution in [2.45, 2.75) is 33.1 Å². The fraction of sp³-hybridized carbons (Fsp3) is 0.533. The van der Waals surface area contributed by atoms with E-state index in [9.17, 15) is 4.79 Å². The number of carbonyl (C=O) groups excluding carboxylic acids is 1. The summed E-state index contributed by atoms with van der Waals surface area (Å²) in [5.74, 6) is 0.915. The van der Waals surface area contributed by atoms with Crippen LogP contribution in [0.15, 0.2) is 18.2 Å². The minimum atomic E-state index is -0.292. The number of aryl methyl sites for hydroxylation is 1. The van der Waals surface area contributed by atoms with E-state index in [1.54, 1.807) is 5.48 Å². The average Bonchev–Trinajstić information content (AvgIpc) is 2.43. The van der Waals surface area contributed by atoms with Gasteiger partial charge in [-0.05, 0) is 48.4 Å². The Hall–Kier alpha value is -1.55. The Kier molecular flexibility index (Phi) is 4.43. The fourth-order valence-corrected chi connectivity index (χ4v) is 2.40. The predicted molar refractivity (Wildman–Crippen MR) is 72.2 cm³/mol. The molecule has 19 heavy (non-hydrogen) atoms. The highest BCUT2D eigenvalue weighted by molar-refractivity contribution is 5.78. The van der Waals surface area contributed by atoms with Crippen molar-refractivity contribution >= 4 is 5.91 Å². The van der Waals surface area contributed by atoms with E-state index in [1.807, 2.05) is 12.1 Å². The first kappa shape index (κ1) is 13.9. The molecule has 1 amide bonds. The first-order valence-electron chi connectivity index (χ1n) is 6.78. The van der Waals surface area contributed by atoms with Crippen LogP contribution in [0.3, 0.4) is 0 Å². The zero-order chi connectivity index (χ0) is 13.8. The van der Waals surface area contributed by atoms with Gasteiger partial charge in [0.1, 0.15) is 5.75 Å². The monoisotopic (exact) mass is 263 g/mol. The molecule has 0 bridgehead atoms. The summed E-state index contributed by atoms with van der Waals surface area (Å²) < 4.78 is 5.71. The molecule has 0 aliphatic heterocycles. The van der Waals surface area contributed by atoms with Crippen LogP contribution in [0, 0.1) is 11.8 Å². The van der Waals surface area contributed by atoms with Crippen molar-refractivity contribution in [1.82, 2.24) is 5.48 Å². The van der Waals surface area contributed by atoms with Crippen molar-refractivity contribution in [1.29, 1.82) is 0 Å². The Bertz CT molecular complexity index is 457. The van der Waals surface area contributed by atoms with E-state index in [0.29, 0.717) is 18.9 Å². The van der Waals surface area contributed by atoms with Crippen LogP contribution in [0.2, 0.25) is 0 Å². The van der Waals surface area contributed by atoms with Gasteiger partial charge in [0.05, 0.1) is 6.61 Å². The first-order valence-corrected chi connectivity index (χ1v) is 6.78. The van der Waals surface area contributed by atoms with Gasteiger partial charge in [-0.25, -0.2) is 5.48 Å². The molecule has 0 aromatic heterocycles. The molecule has 1 aliphatic carbocycles. The van der Waals surface area contributed by atoms with Gasteiger partial charge in [-0.2, -0.15) is 0 Å². The molecular weight excluding hydrogens is 242 g/mol. The minimum Gasteiger partial charge on any atom is -0.493 e. The summed E-state index contributed by atoms with van der Waals surface area (Å²) in [6.07, 6.45) is 2.32. The van der Waals surface area contributed by atoms with E-state index >= 15 is 0 Å². The van der Waals surface area contributed by atoms with Crippen LogP contribution >= 0.6 is 0 Å². The number of carbonyl (C=O) groups is 1. The van der Waals surface area contributed by atoms with Gasteiger partial charge in [-0.15, -0.1) is 0 Å². The van der Waals surface area contributed by atoms with Crippen LogP contribution in [0.5, 0.6) is 5.75 Å². The first-order chi connectivity index (χ1) is 9.10. The smallest absolute Gasteiger partial charge is 0.246 e. The Labute approximate surface area is 113 Å². The molecule has 0 saturated heterocycles. The molecule has 2 rings (SSSR count). The highest BCUT2D eigenvalue weighted by Crippen LogP contribution is 2.29. The summed E-state index contributed by atoms with van der Waals surface area (Å²) in [7, 11) is 0. The van der Waals surface area contributed by atoms with Crippen LogP contribution in [0.1, 0.15) is 31.4 Å². The van der Waals surface area contributed by atoms with Gasteiger partial charge in [0, 0.05) is 5.92 Å². The van der Waals surface area contributed by atoms with Gasteiger partial charge in [0.25, 0.3) is 0 Å². The largest absolute Gasteiger partial charge is 0.493 e. The highest BCUT2D eigenvalue weighted by atomic mass is 16.5. The maximum atomic E-state index is 11.5. The molecule has 0 saturated carbocycles. The number of hydrogen-bond acceptors (Lipinski definition) is 3. The maximum Gasteiger partial charge on any atom is 0.246 e. The molecule has 0 radical (unpaired) electrons. The molecule has 0 spiro atoms. The Morgan fingerprint density at radius 2 is 2.26 bits per heavy atom. The zero-order valence-electron chi connectivity index (χ0n) is 11.5. The lowest BCUT2D eigenvalue weighted by atomic mass is 9.83. The lowest BCUT2D eigenvalue weighted by Crippen LogP contribution is -2.31. The van der Waals surface area contributed by atoms with Crippen molar-refractivity contribution in [2.24, 2.45) is 11.8 Å². The third kappa shape index (κ3) is 3.47. The molecule has 1 aromatic carbocycles. The number of ether oxygens (including phenoxy) is 1. The fourth-order valence-electron chi connectivity index (χ4n) is 2.40. The standard InChI is InChI=1S/C15H21NO3/c1-10(2)9-19-14-6-5-11-3-4-12(15(17)16-18)7-13(11)8-14/h5-6,8,10,12,18H,3-4,7,9H2,1-2H3,(H,16,17). The Morgan fingerprint density at radius 3 is 2.95 bits per heavy atom. The lowest BCUT2D eigenvalue weighted by molar-refractivity contribution is -0.133. The lowest BCUT2D eigenvalue weighted by Gasteiger charge is -2.23. The number of rotatable bonds is 4. The van der Waals surface area contributed by atoms with Gasteiger partial charge in [-0.1, -0.05) is 19.9 Å². The number of fused-ring (bicyclic) bond motifs is 1. The van der Waals surface area contributed by atoms with Gasteiger partial charge >= 0.3 is 0 Å². The summed E-state index contributed by atoms with van der Waals surface area (Å²) in [5.41, 5.74) is 4.18. The summed E-state index contributed by atoms with van der Waals surface area (Å²) in [4.78, 5) is 11.5. The zero-order valence-corrected chi connectivity index (χ0v) is 11.5. The van der Waals surface area contributed by atoms with Gasteiger partial charge in [-0.3, -0.25) is 10.0 Å². The average molecular weight is 263 g/mol. The van der Waals surface area contributed by atoms with Crippen LogP contribution in [0.4, 0.5) is 0 Å². The van der Waals surface area contributed by atoms with E-state index < -0.39 is 0 Å². The second kappa shape index (κ2) is 6.06. The van der Waals surface area contributed by atoms with Gasteiger partial charge < -0.3 is 4.74 Å². The van der Waals surface area contributed by atoms with E-state index in [2.05, 4.69) is 19.9 Å². The molecular formula is C15H21NO3. The van der Waals surface area contributed by atoms with E-state index in [4.69, 9.17) is 9.94 Å². The number of hydrogen-bond donors (Lipinski definition) is 2. The Balaban J connectivity index is 2.09. The second-order valence-electron chi connectivity index (χ2n) is 5.55. The number of amides is 1.